The Morgan fingerprint density at radius 2 is 2.00 bits per heavy atom. The van der Waals surface area contributed by atoms with Gasteiger partial charge >= 0.3 is 6.03 Å². The molecule has 1 aromatic heterocycles. The number of amides is 2. The molecule has 1 saturated heterocycles. The number of nitrogens with one attached hydrogen (secondary N) is 2. The van der Waals surface area contributed by atoms with Gasteiger partial charge in [0.25, 0.3) is 0 Å². The topological polar surface area (TPSA) is 75.1 Å². The van der Waals surface area contributed by atoms with E-state index in [1.54, 1.807) is 11.0 Å². The zero-order valence-electron chi connectivity index (χ0n) is 14.0. The molecule has 1 fully saturated rings. The molecule has 2 amide bonds. The lowest BCUT2D eigenvalue weighted by atomic mass is 10.0. The maximum Gasteiger partial charge on any atom is 0.321 e. The standard InChI is InChI=1S/C17H24N6O/c1-2-23-13-18-16(21-23)20-17(24)19-15-8-10-22(11-9-15)12-14-6-4-3-5-7-14/h3-7,13,15H,2,8-12H2,1H3,(H2,19,20,21,24). The predicted octanol–water partition coefficient (Wildman–Crippen LogP) is 2.08. The first kappa shape index (κ1) is 16.4. The molecular formula is C17H24N6O. The van der Waals surface area contributed by atoms with Gasteiger partial charge in [-0.25, -0.2) is 9.78 Å². The van der Waals surface area contributed by atoms with Gasteiger partial charge < -0.3 is 5.32 Å². The third kappa shape index (κ3) is 4.55. The summed E-state index contributed by atoms with van der Waals surface area (Å²) in [6.07, 6.45) is 3.52. The Morgan fingerprint density at radius 1 is 1.25 bits per heavy atom. The van der Waals surface area contributed by atoms with Crippen LogP contribution in [0.5, 0.6) is 0 Å². The first-order valence-electron chi connectivity index (χ1n) is 8.46. The van der Waals surface area contributed by atoms with Crippen molar-refractivity contribution in [2.75, 3.05) is 18.4 Å². The number of hydrogen-bond donors (Lipinski definition) is 2. The first-order valence-corrected chi connectivity index (χ1v) is 8.46. The molecule has 2 heterocycles. The van der Waals surface area contributed by atoms with Crippen LogP contribution in [-0.2, 0) is 13.1 Å². The summed E-state index contributed by atoms with van der Waals surface area (Å²) >= 11 is 0. The van der Waals surface area contributed by atoms with Crippen LogP contribution in [0.1, 0.15) is 25.3 Å². The summed E-state index contributed by atoms with van der Waals surface area (Å²) in [5, 5.41) is 9.85. The van der Waals surface area contributed by atoms with Gasteiger partial charge in [0.2, 0.25) is 5.95 Å². The second kappa shape index (κ2) is 7.92. The molecule has 2 aromatic rings. The van der Waals surface area contributed by atoms with Gasteiger partial charge in [-0.1, -0.05) is 30.3 Å². The molecule has 1 aliphatic heterocycles. The van der Waals surface area contributed by atoms with Gasteiger partial charge in [-0.05, 0) is 25.3 Å². The molecule has 7 heteroatoms. The van der Waals surface area contributed by atoms with Crippen molar-refractivity contribution in [3.8, 4) is 0 Å². The summed E-state index contributed by atoms with van der Waals surface area (Å²) in [6.45, 7) is 5.65. The number of benzene rings is 1. The van der Waals surface area contributed by atoms with Crippen molar-refractivity contribution in [2.24, 2.45) is 0 Å². The maximum absolute atomic E-state index is 12.0. The number of aromatic nitrogens is 3. The van der Waals surface area contributed by atoms with E-state index in [-0.39, 0.29) is 12.1 Å². The Bertz CT molecular complexity index is 648. The highest BCUT2D eigenvalue weighted by Gasteiger charge is 2.21. The highest BCUT2D eigenvalue weighted by Crippen LogP contribution is 2.14. The van der Waals surface area contributed by atoms with Crippen molar-refractivity contribution >= 4 is 12.0 Å². The van der Waals surface area contributed by atoms with Gasteiger partial charge in [0, 0.05) is 32.2 Å². The van der Waals surface area contributed by atoms with Crippen LogP contribution in [0.15, 0.2) is 36.7 Å². The van der Waals surface area contributed by atoms with Crippen LogP contribution >= 0.6 is 0 Å². The summed E-state index contributed by atoms with van der Waals surface area (Å²) in [7, 11) is 0. The molecule has 128 valence electrons. The van der Waals surface area contributed by atoms with E-state index in [2.05, 4.69) is 49.9 Å². The number of carbonyl (C=O) groups is 1. The molecule has 24 heavy (non-hydrogen) atoms. The Morgan fingerprint density at radius 3 is 2.67 bits per heavy atom. The van der Waals surface area contributed by atoms with Gasteiger partial charge in [0.15, 0.2) is 0 Å². The number of nitrogens with zero attached hydrogens (tertiary/aromatic N) is 4. The molecule has 0 saturated carbocycles. The largest absolute Gasteiger partial charge is 0.335 e. The Labute approximate surface area is 142 Å². The number of likely N-dealkylation sites (tertiary alicyclic amines) is 1. The van der Waals surface area contributed by atoms with Crippen LogP contribution < -0.4 is 10.6 Å². The molecule has 7 nitrogen and oxygen atoms in total. The van der Waals surface area contributed by atoms with Gasteiger partial charge in [-0.3, -0.25) is 14.9 Å². The van der Waals surface area contributed by atoms with Crippen LogP contribution in [0, 0.1) is 0 Å². The Balaban J connectivity index is 1.41. The van der Waals surface area contributed by atoms with Crippen LogP contribution in [0.4, 0.5) is 10.7 Å². The van der Waals surface area contributed by atoms with Crippen molar-refractivity contribution < 1.29 is 4.79 Å². The van der Waals surface area contributed by atoms with Gasteiger partial charge in [-0.2, -0.15) is 0 Å². The Hall–Kier alpha value is -2.41. The van der Waals surface area contributed by atoms with E-state index < -0.39 is 0 Å². The van der Waals surface area contributed by atoms with E-state index in [1.165, 1.54) is 5.56 Å². The summed E-state index contributed by atoms with van der Waals surface area (Å²) in [4.78, 5) is 18.5. The molecule has 2 N–H and O–H groups in total. The molecule has 3 rings (SSSR count). The van der Waals surface area contributed by atoms with E-state index in [0.717, 1.165) is 39.0 Å². The Kier molecular flexibility index (Phi) is 5.43. The second-order valence-corrected chi connectivity index (χ2v) is 6.06. The van der Waals surface area contributed by atoms with Crippen molar-refractivity contribution in [1.82, 2.24) is 25.0 Å². The van der Waals surface area contributed by atoms with E-state index in [9.17, 15) is 4.79 Å². The minimum Gasteiger partial charge on any atom is -0.335 e. The predicted molar refractivity (Wildman–Crippen MR) is 92.6 cm³/mol. The smallest absolute Gasteiger partial charge is 0.321 e. The SMILES string of the molecule is CCn1cnc(NC(=O)NC2CCN(Cc3ccccc3)CC2)n1. The lowest BCUT2D eigenvalue weighted by Gasteiger charge is -2.32. The zero-order valence-corrected chi connectivity index (χ0v) is 14.0. The van der Waals surface area contributed by atoms with Crippen LogP contribution in [0.2, 0.25) is 0 Å². The number of aryl methyl sites for hydroxylation is 1. The third-order valence-corrected chi connectivity index (χ3v) is 4.26. The summed E-state index contributed by atoms with van der Waals surface area (Å²) in [5.41, 5.74) is 1.33. The number of anilines is 1. The van der Waals surface area contributed by atoms with E-state index >= 15 is 0 Å². The zero-order chi connectivity index (χ0) is 16.8. The highest BCUT2D eigenvalue weighted by atomic mass is 16.2. The van der Waals surface area contributed by atoms with Gasteiger partial charge in [0.1, 0.15) is 6.33 Å². The van der Waals surface area contributed by atoms with E-state index in [1.807, 2.05) is 13.0 Å². The lowest BCUT2D eigenvalue weighted by Crippen LogP contribution is -2.45. The number of carbonyl (C=O) groups excluding carboxylic acids is 1. The number of piperidine rings is 1. The number of rotatable bonds is 5. The van der Waals surface area contributed by atoms with Crippen molar-refractivity contribution in [1.29, 1.82) is 0 Å². The first-order chi connectivity index (χ1) is 11.7. The number of hydrogen-bond acceptors (Lipinski definition) is 4. The fraction of sp³-hybridized carbons (Fsp3) is 0.471. The second-order valence-electron chi connectivity index (χ2n) is 6.06. The van der Waals surface area contributed by atoms with E-state index in [4.69, 9.17) is 0 Å². The summed E-state index contributed by atoms with van der Waals surface area (Å²) < 4.78 is 1.68. The molecule has 0 unspecified atom stereocenters. The molecule has 0 radical (unpaired) electrons. The van der Waals surface area contributed by atoms with Crippen LogP contribution in [0.3, 0.4) is 0 Å². The normalized spacial score (nSPS) is 16.0. The lowest BCUT2D eigenvalue weighted by molar-refractivity contribution is 0.190. The number of urea groups is 1. The average Bonchev–Trinajstić information content (AvgIpc) is 3.05. The highest BCUT2D eigenvalue weighted by molar-refractivity contribution is 5.87. The summed E-state index contributed by atoms with van der Waals surface area (Å²) in [5.74, 6) is 0.343. The molecule has 0 bridgehead atoms. The molecule has 1 aliphatic rings. The fourth-order valence-corrected chi connectivity index (χ4v) is 2.90. The molecule has 0 aliphatic carbocycles. The van der Waals surface area contributed by atoms with Gasteiger partial charge in [0.05, 0.1) is 0 Å². The van der Waals surface area contributed by atoms with Crippen molar-refractivity contribution in [3.05, 3.63) is 42.2 Å². The molecule has 0 spiro atoms. The molecule has 0 atom stereocenters. The van der Waals surface area contributed by atoms with Gasteiger partial charge in [-0.15, -0.1) is 5.10 Å². The quantitative estimate of drug-likeness (QED) is 0.881. The van der Waals surface area contributed by atoms with Crippen LogP contribution in [0.25, 0.3) is 0 Å². The minimum absolute atomic E-state index is 0.199. The summed E-state index contributed by atoms with van der Waals surface area (Å²) in [6, 6.07) is 10.5. The van der Waals surface area contributed by atoms with Crippen molar-refractivity contribution in [3.63, 3.8) is 0 Å². The van der Waals surface area contributed by atoms with Crippen LogP contribution in [-0.4, -0.2) is 44.8 Å². The van der Waals surface area contributed by atoms with E-state index in [0.29, 0.717) is 5.95 Å². The maximum atomic E-state index is 12.0. The molecular weight excluding hydrogens is 304 g/mol. The average molecular weight is 328 g/mol. The van der Waals surface area contributed by atoms with Crippen molar-refractivity contribution in [2.45, 2.75) is 38.9 Å². The minimum atomic E-state index is -0.231. The third-order valence-electron chi connectivity index (χ3n) is 4.26. The molecule has 1 aromatic carbocycles. The fourth-order valence-electron chi connectivity index (χ4n) is 2.90. The monoisotopic (exact) mass is 328 g/mol.